The van der Waals surface area contributed by atoms with E-state index in [-0.39, 0.29) is 6.03 Å². The number of hydrogen-bond donors (Lipinski definition) is 2. The second-order valence-corrected chi connectivity index (χ2v) is 7.88. The van der Waals surface area contributed by atoms with Crippen molar-refractivity contribution in [3.63, 3.8) is 0 Å². The number of nitrogens with zero attached hydrogens (tertiary/aromatic N) is 2. The minimum absolute atomic E-state index is 0.0570. The summed E-state index contributed by atoms with van der Waals surface area (Å²) in [6, 6.07) is 16.2. The van der Waals surface area contributed by atoms with E-state index in [4.69, 9.17) is 0 Å². The lowest BCUT2D eigenvalue weighted by Gasteiger charge is -2.33. The second-order valence-electron chi connectivity index (χ2n) is 7.88. The summed E-state index contributed by atoms with van der Waals surface area (Å²) >= 11 is 0. The summed E-state index contributed by atoms with van der Waals surface area (Å²) in [6.07, 6.45) is 3.04. The Morgan fingerprint density at radius 2 is 1.71 bits per heavy atom. The van der Waals surface area contributed by atoms with Crippen LogP contribution in [0, 0.1) is 0 Å². The van der Waals surface area contributed by atoms with E-state index in [9.17, 15) is 9.90 Å². The quantitative estimate of drug-likeness (QED) is 0.857. The van der Waals surface area contributed by atoms with Gasteiger partial charge in [0.15, 0.2) is 0 Å². The Kier molecular flexibility index (Phi) is 5.81. The van der Waals surface area contributed by atoms with Gasteiger partial charge in [-0.3, -0.25) is 4.90 Å². The zero-order chi connectivity index (χ0) is 19.3. The van der Waals surface area contributed by atoms with Crippen LogP contribution >= 0.6 is 0 Å². The number of likely N-dealkylation sites (tertiary alicyclic amines) is 1. The highest BCUT2D eigenvalue weighted by Gasteiger charge is 2.24. The van der Waals surface area contributed by atoms with E-state index < -0.39 is 0 Å². The Balaban J connectivity index is 1.19. The maximum absolute atomic E-state index is 12.5. The summed E-state index contributed by atoms with van der Waals surface area (Å²) in [5.74, 6) is 0.774. The van der Waals surface area contributed by atoms with Crippen molar-refractivity contribution in [3.8, 4) is 5.75 Å². The molecule has 2 aliphatic heterocycles. The molecule has 0 unspecified atom stereocenters. The van der Waals surface area contributed by atoms with Gasteiger partial charge in [0.25, 0.3) is 0 Å². The van der Waals surface area contributed by atoms with Gasteiger partial charge in [-0.1, -0.05) is 36.4 Å². The fourth-order valence-electron chi connectivity index (χ4n) is 4.34. The molecular weight excluding hydrogens is 350 g/mol. The molecule has 0 spiro atoms. The van der Waals surface area contributed by atoms with Crippen molar-refractivity contribution in [2.75, 3.05) is 32.7 Å². The number of benzene rings is 2. The molecule has 1 saturated heterocycles. The first kappa shape index (κ1) is 18.8. The summed E-state index contributed by atoms with van der Waals surface area (Å²) in [7, 11) is 0. The molecule has 0 aliphatic carbocycles. The highest BCUT2D eigenvalue weighted by atomic mass is 16.3. The lowest BCUT2D eigenvalue weighted by Crippen LogP contribution is -2.46. The van der Waals surface area contributed by atoms with Crippen LogP contribution in [-0.2, 0) is 13.0 Å². The summed E-state index contributed by atoms with van der Waals surface area (Å²) in [6.45, 7) is 5.20. The van der Waals surface area contributed by atoms with Gasteiger partial charge in [-0.15, -0.1) is 0 Å². The Labute approximate surface area is 167 Å². The number of aromatic hydroxyl groups is 1. The van der Waals surface area contributed by atoms with Gasteiger partial charge in [-0.25, -0.2) is 4.79 Å². The van der Waals surface area contributed by atoms with Crippen molar-refractivity contribution in [3.05, 3.63) is 65.2 Å². The largest absolute Gasteiger partial charge is 0.508 e. The Hall–Kier alpha value is -2.53. The standard InChI is InChI=1S/C23H29N3O2/c27-22-7-5-19(6-8-22)20-10-14-26(15-11-20)23(28)24-12-16-25-13-9-18-3-1-2-4-21(18)17-25/h1-8,20,27H,9-17H2,(H,24,28). The minimum Gasteiger partial charge on any atom is -0.508 e. The molecule has 1 fully saturated rings. The first-order chi connectivity index (χ1) is 13.7. The number of phenolic OH excluding ortho intramolecular Hbond substituents is 1. The van der Waals surface area contributed by atoms with Crippen LogP contribution in [-0.4, -0.2) is 53.7 Å². The van der Waals surface area contributed by atoms with Gasteiger partial charge < -0.3 is 15.3 Å². The van der Waals surface area contributed by atoms with Crippen LogP contribution in [0.3, 0.4) is 0 Å². The van der Waals surface area contributed by atoms with E-state index in [2.05, 4.69) is 34.5 Å². The molecule has 2 aromatic carbocycles. The second kappa shape index (κ2) is 8.65. The van der Waals surface area contributed by atoms with E-state index in [1.807, 2.05) is 17.0 Å². The number of fused-ring (bicyclic) bond motifs is 1. The van der Waals surface area contributed by atoms with Gasteiger partial charge >= 0.3 is 6.03 Å². The molecule has 4 rings (SSSR count). The van der Waals surface area contributed by atoms with Gasteiger partial charge in [0, 0.05) is 39.3 Å². The zero-order valence-electron chi connectivity index (χ0n) is 16.3. The number of amides is 2. The molecule has 2 aromatic rings. The normalized spacial score (nSPS) is 17.9. The third kappa shape index (κ3) is 4.47. The number of hydrogen-bond acceptors (Lipinski definition) is 3. The predicted octanol–water partition coefficient (Wildman–Crippen LogP) is 3.34. The molecule has 0 saturated carbocycles. The van der Waals surface area contributed by atoms with Crippen molar-refractivity contribution in [2.45, 2.75) is 31.7 Å². The molecule has 2 aliphatic rings. The highest BCUT2D eigenvalue weighted by Crippen LogP contribution is 2.29. The Morgan fingerprint density at radius 3 is 2.46 bits per heavy atom. The summed E-state index contributed by atoms with van der Waals surface area (Å²) < 4.78 is 0. The lowest BCUT2D eigenvalue weighted by molar-refractivity contribution is 0.178. The van der Waals surface area contributed by atoms with Gasteiger partial charge in [-0.2, -0.15) is 0 Å². The van der Waals surface area contributed by atoms with E-state index in [0.717, 1.165) is 52.0 Å². The van der Waals surface area contributed by atoms with Crippen LogP contribution in [0.1, 0.15) is 35.4 Å². The van der Waals surface area contributed by atoms with E-state index >= 15 is 0 Å². The van der Waals surface area contributed by atoms with Gasteiger partial charge in [0.05, 0.1) is 0 Å². The number of carbonyl (C=O) groups excluding carboxylic acids is 1. The monoisotopic (exact) mass is 379 g/mol. The zero-order valence-corrected chi connectivity index (χ0v) is 16.3. The highest BCUT2D eigenvalue weighted by molar-refractivity contribution is 5.74. The van der Waals surface area contributed by atoms with Crippen molar-refractivity contribution < 1.29 is 9.90 Å². The number of phenols is 1. The molecule has 2 N–H and O–H groups in total. The number of rotatable bonds is 4. The fourth-order valence-corrected chi connectivity index (χ4v) is 4.34. The van der Waals surface area contributed by atoms with Crippen LogP contribution in [0.5, 0.6) is 5.75 Å². The summed E-state index contributed by atoms with van der Waals surface area (Å²) in [4.78, 5) is 16.8. The first-order valence-electron chi connectivity index (χ1n) is 10.3. The van der Waals surface area contributed by atoms with Crippen LogP contribution in [0.15, 0.2) is 48.5 Å². The van der Waals surface area contributed by atoms with Gasteiger partial charge in [0.2, 0.25) is 0 Å². The van der Waals surface area contributed by atoms with Gasteiger partial charge in [0.1, 0.15) is 5.75 Å². The van der Waals surface area contributed by atoms with Crippen molar-refractivity contribution >= 4 is 6.03 Å². The van der Waals surface area contributed by atoms with Crippen LogP contribution in [0.25, 0.3) is 0 Å². The molecule has 148 valence electrons. The summed E-state index contributed by atoms with van der Waals surface area (Å²) in [5, 5.41) is 12.5. The van der Waals surface area contributed by atoms with Crippen LogP contribution < -0.4 is 5.32 Å². The van der Waals surface area contributed by atoms with E-state index in [1.54, 1.807) is 12.1 Å². The van der Waals surface area contributed by atoms with Crippen molar-refractivity contribution in [1.29, 1.82) is 0 Å². The Bertz CT molecular complexity index is 798. The number of nitrogens with one attached hydrogen (secondary N) is 1. The molecule has 5 heteroatoms. The maximum atomic E-state index is 12.5. The fraction of sp³-hybridized carbons (Fsp3) is 0.435. The molecule has 2 heterocycles. The van der Waals surface area contributed by atoms with E-state index in [0.29, 0.717) is 18.2 Å². The minimum atomic E-state index is 0.0570. The SMILES string of the molecule is O=C(NCCN1CCc2ccccc2C1)N1CCC(c2ccc(O)cc2)CC1. The smallest absolute Gasteiger partial charge is 0.317 e. The molecule has 28 heavy (non-hydrogen) atoms. The number of piperidine rings is 1. The third-order valence-electron chi connectivity index (χ3n) is 6.06. The lowest BCUT2D eigenvalue weighted by atomic mass is 9.89. The molecular formula is C23H29N3O2. The predicted molar refractivity (Wildman–Crippen MR) is 110 cm³/mol. The van der Waals surface area contributed by atoms with Crippen molar-refractivity contribution in [1.82, 2.24) is 15.1 Å². The third-order valence-corrected chi connectivity index (χ3v) is 6.06. The van der Waals surface area contributed by atoms with E-state index in [1.165, 1.54) is 16.7 Å². The molecule has 0 radical (unpaired) electrons. The molecule has 2 amide bonds. The average Bonchev–Trinajstić information content (AvgIpc) is 2.74. The molecule has 5 nitrogen and oxygen atoms in total. The van der Waals surface area contributed by atoms with Crippen LogP contribution in [0.2, 0.25) is 0 Å². The average molecular weight is 380 g/mol. The van der Waals surface area contributed by atoms with Crippen LogP contribution in [0.4, 0.5) is 4.79 Å². The first-order valence-corrected chi connectivity index (χ1v) is 10.3. The molecule has 0 atom stereocenters. The Morgan fingerprint density at radius 1 is 1.00 bits per heavy atom. The molecule has 0 aromatic heterocycles. The summed E-state index contributed by atoms with van der Waals surface area (Å²) in [5.41, 5.74) is 4.12. The maximum Gasteiger partial charge on any atom is 0.317 e. The van der Waals surface area contributed by atoms with Crippen molar-refractivity contribution in [2.24, 2.45) is 0 Å². The topological polar surface area (TPSA) is 55.8 Å². The molecule has 0 bridgehead atoms. The number of carbonyl (C=O) groups is 1. The van der Waals surface area contributed by atoms with Gasteiger partial charge in [-0.05, 0) is 54.0 Å². The number of urea groups is 1.